The molecule has 0 aliphatic rings. The molecule has 3 N–H and O–H groups in total. The maximum absolute atomic E-state index is 11.9. The van der Waals surface area contributed by atoms with Crippen LogP contribution in [0.25, 0.3) is 0 Å². The quantitative estimate of drug-likeness (QED) is 0.801. The highest BCUT2D eigenvalue weighted by Crippen LogP contribution is 2.15. The fourth-order valence-electron chi connectivity index (χ4n) is 1.39. The molecule has 1 unspecified atom stereocenters. The van der Waals surface area contributed by atoms with E-state index in [-0.39, 0.29) is 11.8 Å². The molecule has 0 aromatic heterocycles. The molecular weight excluding hydrogens is 224 g/mol. The van der Waals surface area contributed by atoms with Gasteiger partial charge in [-0.25, -0.2) is 0 Å². The summed E-state index contributed by atoms with van der Waals surface area (Å²) >= 11 is 0. The minimum atomic E-state index is -0.0104. The molecule has 0 heterocycles. The molecule has 0 saturated heterocycles. The zero-order valence-electron chi connectivity index (χ0n) is 11.2. The second-order valence-corrected chi connectivity index (χ2v) is 4.61. The molecule has 1 aromatic carbocycles. The third-order valence-corrected chi connectivity index (χ3v) is 2.88. The predicted octanol–water partition coefficient (Wildman–Crippen LogP) is 2.23. The Bertz CT molecular complexity index is 469. The third-order valence-electron chi connectivity index (χ3n) is 2.88. The first-order chi connectivity index (χ1) is 8.54. The first kappa shape index (κ1) is 14.3. The Labute approximate surface area is 109 Å². The number of hydrogen-bond acceptors (Lipinski definition) is 2. The Hall–Kier alpha value is -1.79. The summed E-state index contributed by atoms with van der Waals surface area (Å²) in [4.78, 5) is 11.9. The van der Waals surface area contributed by atoms with E-state index in [1.807, 2.05) is 45.0 Å². The van der Waals surface area contributed by atoms with Gasteiger partial charge in [0.2, 0.25) is 5.91 Å². The maximum atomic E-state index is 11.9. The van der Waals surface area contributed by atoms with Crippen LogP contribution in [0.3, 0.4) is 0 Å². The Morgan fingerprint density at radius 2 is 2.11 bits per heavy atom. The highest BCUT2D eigenvalue weighted by atomic mass is 16.1. The van der Waals surface area contributed by atoms with Crippen LogP contribution in [-0.4, -0.2) is 12.5 Å². The molecule has 18 heavy (non-hydrogen) atoms. The van der Waals surface area contributed by atoms with Gasteiger partial charge in [-0.3, -0.25) is 4.79 Å². The molecular formula is C15H20N2O. The van der Waals surface area contributed by atoms with Crippen LogP contribution < -0.4 is 11.1 Å². The summed E-state index contributed by atoms with van der Waals surface area (Å²) < 4.78 is 0. The molecule has 96 valence electrons. The fraction of sp³-hybridized carbons (Fsp3) is 0.400. The van der Waals surface area contributed by atoms with Crippen LogP contribution in [0, 0.1) is 23.7 Å². The van der Waals surface area contributed by atoms with E-state index in [0.29, 0.717) is 12.5 Å². The number of hydrogen-bond donors (Lipinski definition) is 2. The SMILES string of the molecule is CC(C)C(C)C(=O)Nc1cccc(C#CCN)c1. The minimum absolute atomic E-state index is 0.0104. The summed E-state index contributed by atoms with van der Waals surface area (Å²) in [6.07, 6.45) is 0. The number of anilines is 1. The standard InChI is InChI=1S/C15H20N2O/c1-11(2)12(3)15(18)17-14-8-4-6-13(10-14)7-5-9-16/h4,6,8,10-12H,9,16H2,1-3H3,(H,17,18). The molecule has 0 aliphatic heterocycles. The first-order valence-electron chi connectivity index (χ1n) is 6.14. The molecule has 1 rings (SSSR count). The zero-order valence-corrected chi connectivity index (χ0v) is 11.2. The normalized spacial score (nSPS) is 11.6. The Balaban J connectivity index is 2.76. The van der Waals surface area contributed by atoms with Crippen LogP contribution in [-0.2, 0) is 4.79 Å². The monoisotopic (exact) mass is 244 g/mol. The van der Waals surface area contributed by atoms with Crippen LogP contribution >= 0.6 is 0 Å². The van der Waals surface area contributed by atoms with Gasteiger partial charge in [0.1, 0.15) is 0 Å². The maximum Gasteiger partial charge on any atom is 0.227 e. The number of nitrogens with two attached hydrogens (primary N) is 1. The van der Waals surface area contributed by atoms with Crippen molar-refractivity contribution in [3.63, 3.8) is 0 Å². The number of rotatable bonds is 3. The van der Waals surface area contributed by atoms with E-state index in [1.165, 1.54) is 0 Å². The van der Waals surface area contributed by atoms with Crippen molar-refractivity contribution in [2.45, 2.75) is 20.8 Å². The van der Waals surface area contributed by atoms with Gasteiger partial charge in [0.05, 0.1) is 6.54 Å². The summed E-state index contributed by atoms with van der Waals surface area (Å²) in [7, 11) is 0. The number of nitrogens with one attached hydrogen (secondary N) is 1. The van der Waals surface area contributed by atoms with E-state index in [2.05, 4.69) is 17.2 Å². The lowest BCUT2D eigenvalue weighted by Crippen LogP contribution is -2.24. The highest BCUT2D eigenvalue weighted by molar-refractivity contribution is 5.92. The highest BCUT2D eigenvalue weighted by Gasteiger charge is 2.16. The van der Waals surface area contributed by atoms with E-state index in [0.717, 1.165) is 11.3 Å². The van der Waals surface area contributed by atoms with Crippen LogP contribution in [0.5, 0.6) is 0 Å². The van der Waals surface area contributed by atoms with Gasteiger partial charge in [-0.2, -0.15) is 0 Å². The predicted molar refractivity (Wildman–Crippen MR) is 75.0 cm³/mol. The summed E-state index contributed by atoms with van der Waals surface area (Å²) in [5.74, 6) is 6.08. The number of benzene rings is 1. The molecule has 0 fully saturated rings. The third kappa shape index (κ3) is 4.23. The summed E-state index contributed by atoms with van der Waals surface area (Å²) in [6, 6.07) is 7.48. The second kappa shape index (κ2) is 6.83. The molecule has 0 bridgehead atoms. The topological polar surface area (TPSA) is 55.1 Å². The van der Waals surface area contributed by atoms with Crippen molar-refractivity contribution in [1.82, 2.24) is 0 Å². The van der Waals surface area contributed by atoms with Crippen LogP contribution in [0.1, 0.15) is 26.3 Å². The van der Waals surface area contributed by atoms with Crippen molar-refractivity contribution in [2.75, 3.05) is 11.9 Å². The molecule has 1 aromatic rings. The molecule has 3 heteroatoms. The van der Waals surface area contributed by atoms with Crippen molar-refractivity contribution in [3.8, 4) is 11.8 Å². The van der Waals surface area contributed by atoms with Crippen molar-refractivity contribution < 1.29 is 4.79 Å². The van der Waals surface area contributed by atoms with E-state index >= 15 is 0 Å². The van der Waals surface area contributed by atoms with Crippen LogP contribution in [0.15, 0.2) is 24.3 Å². The van der Waals surface area contributed by atoms with Gasteiger partial charge in [-0.05, 0) is 24.1 Å². The number of carbonyl (C=O) groups is 1. The summed E-state index contributed by atoms with van der Waals surface area (Å²) in [5, 5.41) is 2.90. The van der Waals surface area contributed by atoms with Gasteiger partial charge in [-0.15, -0.1) is 0 Å². The lowest BCUT2D eigenvalue weighted by Gasteiger charge is -2.15. The van der Waals surface area contributed by atoms with E-state index < -0.39 is 0 Å². The van der Waals surface area contributed by atoms with Gasteiger partial charge in [0, 0.05) is 17.2 Å². The van der Waals surface area contributed by atoms with Gasteiger partial charge in [0.15, 0.2) is 0 Å². The fourth-order valence-corrected chi connectivity index (χ4v) is 1.39. The number of carbonyl (C=O) groups excluding carboxylic acids is 1. The molecule has 0 aliphatic carbocycles. The van der Waals surface area contributed by atoms with Crippen molar-refractivity contribution in [3.05, 3.63) is 29.8 Å². The van der Waals surface area contributed by atoms with E-state index in [1.54, 1.807) is 0 Å². The molecule has 0 radical (unpaired) electrons. The molecule has 3 nitrogen and oxygen atoms in total. The smallest absolute Gasteiger partial charge is 0.227 e. The minimum Gasteiger partial charge on any atom is -0.326 e. The van der Waals surface area contributed by atoms with Crippen LogP contribution in [0.2, 0.25) is 0 Å². The average Bonchev–Trinajstić information content (AvgIpc) is 2.35. The van der Waals surface area contributed by atoms with Crippen molar-refractivity contribution >= 4 is 11.6 Å². The lowest BCUT2D eigenvalue weighted by atomic mass is 9.97. The van der Waals surface area contributed by atoms with Crippen LogP contribution in [0.4, 0.5) is 5.69 Å². The molecule has 1 atom stereocenters. The van der Waals surface area contributed by atoms with E-state index in [9.17, 15) is 4.79 Å². The number of amides is 1. The average molecular weight is 244 g/mol. The Morgan fingerprint density at radius 1 is 1.39 bits per heavy atom. The lowest BCUT2D eigenvalue weighted by molar-refractivity contribution is -0.120. The van der Waals surface area contributed by atoms with E-state index in [4.69, 9.17) is 5.73 Å². The summed E-state index contributed by atoms with van der Waals surface area (Å²) in [5.41, 5.74) is 6.96. The molecule has 0 spiro atoms. The van der Waals surface area contributed by atoms with Gasteiger partial charge in [-0.1, -0.05) is 38.7 Å². The van der Waals surface area contributed by atoms with Gasteiger partial charge < -0.3 is 11.1 Å². The zero-order chi connectivity index (χ0) is 13.5. The molecule has 0 saturated carbocycles. The van der Waals surface area contributed by atoms with Gasteiger partial charge in [0.25, 0.3) is 0 Å². The van der Waals surface area contributed by atoms with Crippen molar-refractivity contribution in [2.24, 2.45) is 17.6 Å². The van der Waals surface area contributed by atoms with Gasteiger partial charge >= 0.3 is 0 Å². The summed E-state index contributed by atoms with van der Waals surface area (Å²) in [6.45, 7) is 6.33. The largest absolute Gasteiger partial charge is 0.326 e. The van der Waals surface area contributed by atoms with Crippen molar-refractivity contribution in [1.29, 1.82) is 0 Å². The Morgan fingerprint density at radius 3 is 2.72 bits per heavy atom. The molecule has 1 amide bonds. The first-order valence-corrected chi connectivity index (χ1v) is 6.14. The second-order valence-electron chi connectivity index (χ2n) is 4.61. The Kier molecular flexibility index (Phi) is 5.41.